The number of nitrogens with one attached hydrogen (secondary N) is 2. The van der Waals surface area contributed by atoms with Gasteiger partial charge < -0.3 is 10.6 Å². The Morgan fingerprint density at radius 1 is 1.12 bits per heavy atom. The van der Waals surface area contributed by atoms with Gasteiger partial charge in [-0.25, -0.2) is 9.78 Å². The molecule has 0 aliphatic heterocycles. The van der Waals surface area contributed by atoms with Crippen LogP contribution < -0.4 is 10.6 Å². The molecule has 0 aliphatic rings. The first-order valence-electron chi connectivity index (χ1n) is 7.54. The van der Waals surface area contributed by atoms with Gasteiger partial charge in [0.05, 0.1) is 11.4 Å². The van der Waals surface area contributed by atoms with Gasteiger partial charge in [-0.2, -0.15) is 0 Å². The van der Waals surface area contributed by atoms with Gasteiger partial charge in [0, 0.05) is 34.0 Å². The molecule has 5 nitrogen and oxygen atoms in total. The van der Waals surface area contributed by atoms with Crippen molar-refractivity contribution >= 4 is 45.3 Å². The van der Waals surface area contributed by atoms with E-state index in [1.165, 1.54) is 0 Å². The molecule has 2 heterocycles. The minimum atomic E-state index is -0.337. The number of para-hydroxylation sites is 1. The van der Waals surface area contributed by atoms with E-state index < -0.39 is 0 Å². The van der Waals surface area contributed by atoms with Gasteiger partial charge in [-0.3, -0.25) is 4.40 Å². The van der Waals surface area contributed by atoms with E-state index in [9.17, 15) is 4.79 Å². The van der Waals surface area contributed by atoms with E-state index >= 15 is 0 Å². The van der Waals surface area contributed by atoms with Crippen molar-refractivity contribution in [3.05, 3.63) is 71.3 Å². The van der Waals surface area contributed by atoms with E-state index in [1.807, 2.05) is 46.4 Å². The molecule has 2 aromatic heterocycles. The lowest BCUT2D eigenvalue weighted by molar-refractivity contribution is 0.262. The molecule has 2 aromatic carbocycles. The summed E-state index contributed by atoms with van der Waals surface area (Å²) in [5.41, 5.74) is 2.99. The molecular weight excluding hydrogens is 356 g/mol. The SMILES string of the molecule is O=C(Nc1cccc(Cl)c1)Nc1ccccc1-c1cn2ccsc2n1. The van der Waals surface area contributed by atoms with Crippen LogP contribution in [0.3, 0.4) is 0 Å². The molecular formula is C18H13ClN4OS. The van der Waals surface area contributed by atoms with Crippen molar-refractivity contribution in [3.8, 4) is 11.3 Å². The van der Waals surface area contributed by atoms with E-state index in [4.69, 9.17) is 11.6 Å². The second kappa shape index (κ2) is 6.58. The molecule has 0 fully saturated rings. The summed E-state index contributed by atoms with van der Waals surface area (Å²) < 4.78 is 1.96. The van der Waals surface area contributed by atoms with Gasteiger partial charge in [0.2, 0.25) is 0 Å². The molecule has 0 saturated carbocycles. The van der Waals surface area contributed by atoms with E-state index in [0.29, 0.717) is 16.4 Å². The number of hydrogen-bond acceptors (Lipinski definition) is 3. The van der Waals surface area contributed by atoms with Crippen molar-refractivity contribution in [2.75, 3.05) is 10.6 Å². The van der Waals surface area contributed by atoms with Crippen molar-refractivity contribution in [2.45, 2.75) is 0 Å². The third-order valence-electron chi connectivity index (χ3n) is 3.63. The van der Waals surface area contributed by atoms with Crippen LogP contribution in [0.4, 0.5) is 16.2 Å². The number of anilines is 2. The van der Waals surface area contributed by atoms with Gasteiger partial charge in [0.25, 0.3) is 0 Å². The number of amides is 2. The molecule has 7 heteroatoms. The predicted molar refractivity (Wildman–Crippen MR) is 103 cm³/mol. The number of carbonyl (C=O) groups excluding carboxylic acids is 1. The van der Waals surface area contributed by atoms with Crippen LogP contribution >= 0.6 is 22.9 Å². The van der Waals surface area contributed by atoms with E-state index in [0.717, 1.165) is 16.2 Å². The fourth-order valence-electron chi connectivity index (χ4n) is 2.52. The Balaban J connectivity index is 1.58. The van der Waals surface area contributed by atoms with Gasteiger partial charge >= 0.3 is 6.03 Å². The van der Waals surface area contributed by atoms with E-state index in [2.05, 4.69) is 15.6 Å². The van der Waals surface area contributed by atoms with Crippen LogP contribution in [0.1, 0.15) is 0 Å². The fraction of sp³-hybridized carbons (Fsp3) is 0. The molecule has 25 heavy (non-hydrogen) atoms. The number of fused-ring (bicyclic) bond motifs is 1. The summed E-state index contributed by atoms with van der Waals surface area (Å²) in [6.07, 6.45) is 3.90. The van der Waals surface area contributed by atoms with E-state index in [1.54, 1.807) is 35.6 Å². The molecule has 0 bridgehead atoms. The molecule has 124 valence electrons. The van der Waals surface area contributed by atoms with Crippen LogP contribution in [-0.4, -0.2) is 15.4 Å². The highest BCUT2D eigenvalue weighted by Gasteiger charge is 2.12. The zero-order valence-electron chi connectivity index (χ0n) is 12.9. The maximum atomic E-state index is 12.3. The molecule has 0 saturated heterocycles. The van der Waals surface area contributed by atoms with Crippen molar-refractivity contribution in [2.24, 2.45) is 0 Å². The molecule has 0 spiro atoms. The van der Waals surface area contributed by atoms with Crippen molar-refractivity contribution in [3.63, 3.8) is 0 Å². The molecule has 4 aromatic rings. The van der Waals surface area contributed by atoms with Crippen LogP contribution in [0.15, 0.2) is 66.3 Å². The van der Waals surface area contributed by atoms with Crippen LogP contribution in [0.25, 0.3) is 16.2 Å². The van der Waals surface area contributed by atoms with Crippen LogP contribution in [-0.2, 0) is 0 Å². The number of thiazole rings is 1. The first kappa shape index (κ1) is 15.7. The number of aromatic nitrogens is 2. The number of hydrogen-bond donors (Lipinski definition) is 2. The Morgan fingerprint density at radius 3 is 2.84 bits per heavy atom. The topological polar surface area (TPSA) is 58.4 Å². The first-order chi connectivity index (χ1) is 12.2. The normalized spacial score (nSPS) is 10.8. The molecule has 2 amide bonds. The number of nitrogens with zero attached hydrogens (tertiary/aromatic N) is 2. The average molecular weight is 369 g/mol. The summed E-state index contributed by atoms with van der Waals surface area (Å²) in [4.78, 5) is 17.8. The summed E-state index contributed by atoms with van der Waals surface area (Å²) in [6, 6.07) is 14.2. The largest absolute Gasteiger partial charge is 0.323 e. The standard InChI is InChI=1S/C18H13ClN4OS/c19-12-4-3-5-13(10-12)20-17(24)21-15-7-2-1-6-14(15)16-11-23-8-9-25-18(23)22-16/h1-11H,(H2,20,21,24). The number of rotatable bonds is 3. The molecule has 2 N–H and O–H groups in total. The van der Waals surface area contributed by atoms with Crippen molar-refractivity contribution in [1.82, 2.24) is 9.38 Å². The van der Waals surface area contributed by atoms with Crippen LogP contribution in [0, 0.1) is 0 Å². The highest BCUT2D eigenvalue weighted by molar-refractivity contribution is 7.15. The predicted octanol–water partition coefficient (Wildman–Crippen LogP) is 5.36. The zero-order chi connectivity index (χ0) is 17.2. The van der Waals surface area contributed by atoms with E-state index in [-0.39, 0.29) is 6.03 Å². The third-order valence-corrected chi connectivity index (χ3v) is 4.63. The lowest BCUT2D eigenvalue weighted by Crippen LogP contribution is -2.19. The van der Waals surface area contributed by atoms with Gasteiger partial charge in [-0.05, 0) is 24.3 Å². The summed E-state index contributed by atoms with van der Waals surface area (Å²) >= 11 is 7.51. The summed E-state index contributed by atoms with van der Waals surface area (Å²) in [5.74, 6) is 0. The minimum absolute atomic E-state index is 0.337. The monoisotopic (exact) mass is 368 g/mol. The van der Waals surface area contributed by atoms with Crippen molar-refractivity contribution in [1.29, 1.82) is 0 Å². The molecule has 0 aliphatic carbocycles. The Kier molecular flexibility index (Phi) is 4.13. The highest BCUT2D eigenvalue weighted by Crippen LogP contribution is 2.28. The smallest absolute Gasteiger partial charge is 0.308 e. The summed E-state index contributed by atoms with van der Waals surface area (Å²) in [5, 5.41) is 8.19. The van der Waals surface area contributed by atoms with Gasteiger partial charge in [-0.1, -0.05) is 35.9 Å². The highest BCUT2D eigenvalue weighted by atomic mass is 35.5. The van der Waals surface area contributed by atoms with Crippen LogP contribution in [0.5, 0.6) is 0 Å². The first-order valence-corrected chi connectivity index (χ1v) is 8.80. The Hall–Kier alpha value is -2.83. The number of benzene rings is 2. The zero-order valence-corrected chi connectivity index (χ0v) is 14.5. The average Bonchev–Trinajstić information content (AvgIpc) is 3.17. The lowest BCUT2D eigenvalue weighted by Gasteiger charge is -2.11. The Labute approximate surface area is 152 Å². The molecule has 0 unspecified atom stereocenters. The number of carbonyl (C=O) groups is 1. The number of imidazole rings is 1. The van der Waals surface area contributed by atoms with Gasteiger partial charge in [0.15, 0.2) is 4.96 Å². The van der Waals surface area contributed by atoms with Crippen LogP contribution in [0.2, 0.25) is 5.02 Å². The van der Waals surface area contributed by atoms with Gasteiger partial charge in [0.1, 0.15) is 0 Å². The van der Waals surface area contributed by atoms with Crippen molar-refractivity contribution < 1.29 is 4.79 Å². The second-order valence-electron chi connectivity index (χ2n) is 5.35. The van der Waals surface area contributed by atoms with Gasteiger partial charge in [-0.15, -0.1) is 11.3 Å². The molecule has 4 rings (SSSR count). The maximum Gasteiger partial charge on any atom is 0.323 e. The minimum Gasteiger partial charge on any atom is -0.308 e. The molecule has 0 atom stereocenters. The fourth-order valence-corrected chi connectivity index (χ4v) is 3.41. The quantitative estimate of drug-likeness (QED) is 0.511. The third kappa shape index (κ3) is 3.35. The molecule has 0 radical (unpaired) electrons. The Bertz CT molecular complexity index is 1030. The summed E-state index contributed by atoms with van der Waals surface area (Å²) in [6.45, 7) is 0. The lowest BCUT2D eigenvalue weighted by atomic mass is 10.1. The number of halogens is 1. The maximum absolute atomic E-state index is 12.3. The summed E-state index contributed by atoms with van der Waals surface area (Å²) in [7, 11) is 0. The number of urea groups is 1. The Morgan fingerprint density at radius 2 is 2.00 bits per heavy atom. The second-order valence-corrected chi connectivity index (χ2v) is 6.66.